The molecule has 0 aliphatic heterocycles. The molecule has 27 heavy (non-hydrogen) atoms. The van der Waals surface area contributed by atoms with Gasteiger partial charge in [0.25, 0.3) is 0 Å². The van der Waals surface area contributed by atoms with Gasteiger partial charge in [0.1, 0.15) is 17.3 Å². The summed E-state index contributed by atoms with van der Waals surface area (Å²) in [4.78, 5) is 8.74. The molecule has 0 fully saturated rings. The van der Waals surface area contributed by atoms with E-state index >= 15 is 0 Å². The lowest BCUT2D eigenvalue weighted by Gasteiger charge is -2.11. The molecular formula is C19H20N4O3S. The van der Waals surface area contributed by atoms with Crippen molar-refractivity contribution in [1.82, 2.24) is 9.97 Å². The van der Waals surface area contributed by atoms with Crippen molar-refractivity contribution in [3.05, 3.63) is 71.7 Å². The molecule has 1 aromatic carbocycles. The first-order valence-corrected chi connectivity index (χ1v) is 9.80. The smallest absolute Gasteiger partial charge is 0.238 e. The Morgan fingerprint density at radius 1 is 1.07 bits per heavy atom. The summed E-state index contributed by atoms with van der Waals surface area (Å²) in [5.74, 6) is 1.97. The summed E-state index contributed by atoms with van der Waals surface area (Å²) in [6, 6.07) is 13.7. The maximum Gasteiger partial charge on any atom is 0.238 e. The van der Waals surface area contributed by atoms with Crippen LogP contribution in [0.5, 0.6) is 11.5 Å². The van der Waals surface area contributed by atoms with Crippen molar-refractivity contribution in [3.8, 4) is 11.5 Å². The monoisotopic (exact) mass is 384 g/mol. The van der Waals surface area contributed by atoms with Gasteiger partial charge in [0.2, 0.25) is 10.0 Å². The molecule has 3 rings (SSSR count). The number of sulfonamides is 1. The maximum atomic E-state index is 11.3. The van der Waals surface area contributed by atoms with Gasteiger partial charge in [-0.15, -0.1) is 0 Å². The third kappa shape index (κ3) is 5.02. The predicted molar refractivity (Wildman–Crippen MR) is 103 cm³/mol. The van der Waals surface area contributed by atoms with Crippen molar-refractivity contribution in [2.75, 3.05) is 5.32 Å². The summed E-state index contributed by atoms with van der Waals surface area (Å²) < 4.78 is 28.5. The van der Waals surface area contributed by atoms with Crippen LogP contribution in [-0.2, 0) is 16.6 Å². The molecule has 3 N–H and O–H groups in total. The highest BCUT2D eigenvalue weighted by molar-refractivity contribution is 7.89. The van der Waals surface area contributed by atoms with Crippen molar-refractivity contribution >= 4 is 15.8 Å². The van der Waals surface area contributed by atoms with E-state index in [4.69, 9.17) is 9.88 Å². The van der Waals surface area contributed by atoms with E-state index in [1.54, 1.807) is 30.5 Å². The van der Waals surface area contributed by atoms with E-state index in [9.17, 15) is 8.42 Å². The van der Waals surface area contributed by atoms with Crippen LogP contribution in [0.3, 0.4) is 0 Å². The number of rotatable bonds is 6. The van der Waals surface area contributed by atoms with Crippen LogP contribution in [-0.4, -0.2) is 18.4 Å². The van der Waals surface area contributed by atoms with E-state index in [1.165, 1.54) is 12.1 Å². The van der Waals surface area contributed by atoms with Crippen LogP contribution in [0, 0.1) is 13.8 Å². The highest BCUT2D eigenvalue weighted by Gasteiger charge is 2.07. The van der Waals surface area contributed by atoms with Crippen molar-refractivity contribution in [2.45, 2.75) is 25.3 Å². The van der Waals surface area contributed by atoms with Crippen LogP contribution < -0.4 is 15.2 Å². The summed E-state index contributed by atoms with van der Waals surface area (Å²) in [7, 11) is -3.68. The van der Waals surface area contributed by atoms with Gasteiger partial charge in [-0.25, -0.2) is 18.5 Å². The van der Waals surface area contributed by atoms with Crippen molar-refractivity contribution in [3.63, 3.8) is 0 Å². The Morgan fingerprint density at radius 2 is 1.81 bits per heavy atom. The Balaban J connectivity index is 1.67. The molecule has 0 saturated carbocycles. The Kier molecular flexibility index (Phi) is 5.38. The molecule has 0 unspecified atom stereocenters. The maximum absolute atomic E-state index is 11.3. The summed E-state index contributed by atoms with van der Waals surface area (Å²) in [5.41, 5.74) is 2.65. The van der Waals surface area contributed by atoms with Crippen LogP contribution in [0.4, 0.5) is 5.82 Å². The molecule has 3 aromatic rings. The molecule has 0 saturated heterocycles. The first kappa shape index (κ1) is 18.8. The molecule has 140 valence electrons. The molecule has 2 aromatic heterocycles. The first-order chi connectivity index (χ1) is 12.8. The van der Waals surface area contributed by atoms with Crippen molar-refractivity contribution < 1.29 is 13.2 Å². The van der Waals surface area contributed by atoms with Crippen molar-refractivity contribution in [1.29, 1.82) is 0 Å². The first-order valence-electron chi connectivity index (χ1n) is 8.25. The zero-order chi connectivity index (χ0) is 19.4. The number of aryl methyl sites for hydroxylation is 2. The number of nitrogens with two attached hydrogens (primary N) is 1. The van der Waals surface area contributed by atoms with E-state index in [2.05, 4.69) is 15.3 Å². The zero-order valence-electron chi connectivity index (χ0n) is 15.0. The molecule has 2 heterocycles. The average molecular weight is 384 g/mol. The van der Waals surface area contributed by atoms with Crippen LogP contribution in [0.15, 0.2) is 59.6 Å². The molecule has 0 radical (unpaired) electrons. The second kappa shape index (κ2) is 7.73. The third-order valence-corrected chi connectivity index (χ3v) is 4.79. The van der Waals surface area contributed by atoms with Crippen LogP contribution in [0.2, 0.25) is 0 Å². The van der Waals surface area contributed by atoms with Gasteiger partial charge in [-0.2, -0.15) is 0 Å². The van der Waals surface area contributed by atoms with E-state index in [1.807, 2.05) is 26.0 Å². The Hall–Kier alpha value is -2.97. The number of aromatic nitrogens is 2. The largest absolute Gasteiger partial charge is 0.455 e. The standard InChI is InChI=1S/C19H20N4O3S/c1-13-3-8-18(14(2)23-13)26-16-9-10-21-19(11-16)22-12-15-4-6-17(7-5-15)27(20,24)25/h3-11H,12H2,1-2H3,(H,21,22)(H2,20,24,25). The Bertz CT molecular complexity index is 1050. The number of primary sulfonamides is 1. The van der Waals surface area contributed by atoms with Gasteiger partial charge in [-0.05, 0) is 49.7 Å². The fraction of sp³-hybridized carbons (Fsp3) is 0.158. The van der Waals surface area contributed by atoms with Crippen LogP contribution in [0.25, 0.3) is 0 Å². The number of pyridine rings is 2. The number of nitrogens with zero attached hydrogens (tertiary/aromatic N) is 2. The lowest BCUT2D eigenvalue weighted by atomic mass is 10.2. The number of nitrogens with one attached hydrogen (secondary N) is 1. The van der Waals surface area contributed by atoms with E-state index in [0.29, 0.717) is 23.9 Å². The molecule has 0 atom stereocenters. The summed E-state index contributed by atoms with van der Waals surface area (Å²) >= 11 is 0. The van der Waals surface area contributed by atoms with E-state index < -0.39 is 10.0 Å². The lowest BCUT2D eigenvalue weighted by Crippen LogP contribution is -2.12. The van der Waals surface area contributed by atoms with Gasteiger partial charge >= 0.3 is 0 Å². The molecule has 0 bridgehead atoms. The zero-order valence-corrected chi connectivity index (χ0v) is 15.8. The van der Waals surface area contributed by atoms with Gasteiger partial charge in [-0.3, -0.25) is 4.98 Å². The highest BCUT2D eigenvalue weighted by Crippen LogP contribution is 2.25. The minimum atomic E-state index is -3.68. The van der Waals surface area contributed by atoms with Gasteiger partial charge < -0.3 is 10.1 Å². The molecule has 0 amide bonds. The number of anilines is 1. The van der Waals surface area contributed by atoms with Crippen molar-refractivity contribution in [2.24, 2.45) is 5.14 Å². The minimum absolute atomic E-state index is 0.0850. The minimum Gasteiger partial charge on any atom is -0.455 e. The Morgan fingerprint density at radius 3 is 2.48 bits per heavy atom. The van der Waals surface area contributed by atoms with Gasteiger partial charge in [0, 0.05) is 24.5 Å². The molecule has 0 aliphatic rings. The topological polar surface area (TPSA) is 107 Å². The Labute approximate surface area is 158 Å². The van der Waals surface area contributed by atoms with Gasteiger partial charge in [0.15, 0.2) is 0 Å². The normalized spacial score (nSPS) is 11.2. The summed E-state index contributed by atoms with van der Waals surface area (Å²) in [5, 5.41) is 8.28. The van der Waals surface area contributed by atoms with Gasteiger partial charge in [0.05, 0.1) is 10.6 Å². The van der Waals surface area contributed by atoms with Crippen LogP contribution in [0.1, 0.15) is 17.0 Å². The number of ether oxygens (including phenoxy) is 1. The molecular weight excluding hydrogens is 364 g/mol. The third-order valence-electron chi connectivity index (χ3n) is 3.86. The van der Waals surface area contributed by atoms with E-state index in [-0.39, 0.29) is 4.90 Å². The SMILES string of the molecule is Cc1ccc(Oc2ccnc(NCc3ccc(S(N)(=O)=O)cc3)c2)c(C)n1. The molecule has 8 heteroatoms. The number of hydrogen-bond donors (Lipinski definition) is 2. The fourth-order valence-corrected chi connectivity index (χ4v) is 2.98. The summed E-state index contributed by atoms with van der Waals surface area (Å²) in [6.45, 7) is 4.31. The quantitative estimate of drug-likeness (QED) is 0.676. The second-order valence-corrected chi connectivity index (χ2v) is 7.62. The van der Waals surface area contributed by atoms with Crippen LogP contribution >= 0.6 is 0 Å². The predicted octanol–water partition coefficient (Wildman–Crippen LogP) is 3.15. The number of benzene rings is 1. The van der Waals surface area contributed by atoms with Gasteiger partial charge in [-0.1, -0.05) is 12.1 Å². The average Bonchev–Trinajstić information content (AvgIpc) is 2.62. The van der Waals surface area contributed by atoms with E-state index in [0.717, 1.165) is 17.0 Å². The second-order valence-electron chi connectivity index (χ2n) is 6.06. The molecule has 0 spiro atoms. The summed E-state index contributed by atoms with van der Waals surface area (Å²) in [6.07, 6.45) is 1.65. The molecule has 0 aliphatic carbocycles. The lowest BCUT2D eigenvalue weighted by molar-refractivity contribution is 0.475. The highest BCUT2D eigenvalue weighted by atomic mass is 32.2. The molecule has 7 nitrogen and oxygen atoms in total. The number of hydrogen-bond acceptors (Lipinski definition) is 6. The fourth-order valence-electron chi connectivity index (χ4n) is 2.47.